The fourth-order valence-corrected chi connectivity index (χ4v) is 3.61. The molecular weight excluding hydrogens is 436 g/mol. The number of urea groups is 1. The van der Waals surface area contributed by atoms with Crippen LogP contribution in [0.5, 0.6) is 0 Å². The number of amides is 3. The maximum Gasteiger partial charge on any atom is 0.416 e. The van der Waals surface area contributed by atoms with Crippen LogP contribution in [0.4, 0.5) is 39.7 Å². The molecule has 0 saturated carbocycles. The van der Waals surface area contributed by atoms with Crippen LogP contribution in [0.2, 0.25) is 0 Å². The first-order valence-electron chi connectivity index (χ1n) is 9.64. The van der Waals surface area contributed by atoms with Crippen molar-refractivity contribution in [1.82, 2.24) is 15.3 Å². The quantitative estimate of drug-likeness (QED) is 0.609. The molecule has 1 saturated heterocycles. The highest BCUT2D eigenvalue weighted by Crippen LogP contribution is 2.39. The number of rotatable bonds is 4. The van der Waals surface area contributed by atoms with E-state index in [1.165, 1.54) is 17.0 Å². The van der Waals surface area contributed by atoms with Crippen molar-refractivity contribution in [2.45, 2.75) is 24.7 Å². The number of anilines is 3. The van der Waals surface area contributed by atoms with Gasteiger partial charge in [-0.25, -0.2) is 19.2 Å². The maximum absolute atomic E-state index is 13.1. The number of alkyl halides is 3. The van der Waals surface area contributed by atoms with E-state index in [0.29, 0.717) is 25.2 Å². The first-order valence-corrected chi connectivity index (χ1v) is 9.64. The first-order chi connectivity index (χ1) is 15.1. The molecule has 2 atom stereocenters. The molecule has 2 aliphatic rings. The van der Waals surface area contributed by atoms with Gasteiger partial charge in [0.05, 0.1) is 24.5 Å². The molecular formula is C19H18F4N6O3. The molecule has 0 aliphatic carbocycles. The van der Waals surface area contributed by atoms with Crippen LogP contribution in [0.25, 0.3) is 0 Å². The molecule has 0 spiro atoms. The number of aliphatic hydroxyl groups excluding tert-OH is 1. The van der Waals surface area contributed by atoms with Crippen LogP contribution in [-0.4, -0.2) is 65.0 Å². The van der Waals surface area contributed by atoms with E-state index in [2.05, 4.69) is 15.3 Å². The van der Waals surface area contributed by atoms with Crippen molar-refractivity contribution in [2.75, 3.05) is 34.8 Å². The Kier molecular flexibility index (Phi) is 5.59. The summed E-state index contributed by atoms with van der Waals surface area (Å²) in [6.07, 6.45) is -5.99. The molecule has 13 heteroatoms. The lowest BCUT2D eigenvalue weighted by Crippen LogP contribution is -2.48. The van der Waals surface area contributed by atoms with E-state index in [1.807, 2.05) is 10.2 Å². The van der Waals surface area contributed by atoms with Gasteiger partial charge in [0.15, 0.2) is 11.9 Å². The molecule has 0 aromatic carbocycles. The number of carbonyl (C=O) groups is 2. The van der Waals surface area contributed by atoms with Crippen molar-refractivity contribution in [3.8, 4) is 0 Å². The minimum Gasteiger partial charge on any atom is -0.382 e. The minimum absolute atomic E-state index is 0.119. The van der Waals surface area contributed by atoms with E-state index >= 15 is 0 Å². The highest BCUT2D eigenvalue weighted by Gasteiger charge is 2.41. The van der Waals surface area contributed by atoms with Crippen LogP contribution in [-0.2, 0) is 0 Å². The van der Waals surface area contributed by atoms with Gasteiger partial charge in [-0.05, 0) is 30.7 Å². The van der Waals surface area contributed by atoms with E-state index in [0.717, 1.165) is 12.3 Å². The van der Waals surface area contributed by atoms with E-state index in [9.17, 15) is 27.2 Å². The molecule has 4 heterocycles. The Labute approximate surface area is 179 Å². The lowest BCUT2D eigenvalue weighted by Gasteiger charge is -2.35. The topological polar surface area (TPSA) is 111 Å². The molecule has 2 aromatic heterocycles. The molecule has 0 radical (unpaired) electrons. The van der Waals surface area contributed by atoms with Crippen LogP contribution in [0.3, 0.4) is 0 Å². The van der Waals surface area contributed by atoms with E-state index < -0.39 is 36.6 Å². The van der Waals surface area contributed by atoms with Crippen molar-refractivity contribution < 1.29 is 32.3 Å². The number of nitrogens with one attached hydrogen (secondary N) is 2. The first kappa shape index (κ1) is 21.7. The van der Waals surface area contributed by atoms with Gasteiger partial charge in [-0.2, -0.15) is 13.2 Å². The highest BCUT2D eigenvalue weighted by atomic mass is 19.4. The van der Waals surface area contributed by atoms with Gasteiger partial charge >= 0.3 is 12.2 Å². The van der Waals surface area contributed by atoms with Crippen molar-refractivity contribution in [1.29, 1.82) is 0 Å². The zero-order chi connectivity index (χ0) is 23.0. The predicted molar refractivity (Wildman–Crippen MR) is 105 cm³/mol. The number of hydrogen-bond donors (Lipinski definition) is 3. The Bertz CT molecular complexity index is 1030. The van der Waals surface area contributed by atoms with E-state index in [-0.39, 0.29) is 23.4 Å². The molecule has 1 fully saturated rings. The monoisotopic (exact) mass is 454 g/mol. The summed E-state index contributed by atoms with van der Waals surface area (Å²) in [5, 5.41) is 13.6. The van der Waals surface area contributed by atoms with Crippen molar-refractivity contribution in [3.63, 3.8) is 0 Å². The van der Waals surface area contributed by atoms with Gasteiger partial charge in [-0.1, -0.05) is 0 Å². The molecule has 2 bridgehead atoms. The number of aromatic nitrogens is 2. The number of halogens is 4. The van der Waals surface area contributed by atoms with E-state index in [4.69, 9.17) is 5.11 Å². The second-order valence-electron chi connectivity index (χ2n) is 7.36. The summed E-state index contributed by atoms with van der Waals surface area (Å²) >= 11 is 0. The lowest BCUT2D eigenvalue weighted by molar-refractivity contribution is -0.201. The van der Waals surface area contributed by atoms with Crippen LogP contribution < -0.4 is 20.4 Å². The Morgan fingerprint density at radius 2 is 2.03 bits per heavy atom. The molecule has 170 valence electrons. The number of aliphatic hydroxyl groups is 1. The van der Waals surface area contributed by atoms with Gasteiger partial charge < -0.3 is 15.3 Å². The highest BCUT2D eigenvalue weighted by molar-refractivity contribution is 6.05. The average molecular weight is 454 g/mol. The Hall–Kier alpha value is -3.48. The molecule has 3 N–H and O–H groups in total. The fourth-order valence-electron chi connectivity index (χ4n) is 3.61. The normalized spacial score (nSPS) is 18.2. The Morgan fingerprint density at radius 1 is 1.25 bits per heavy atom. The SMILES string of the molecule is O=C(NC[C@@H](O)C(F)(F)F)c1ccc2c(n1)N(C(=O)Nc1ccc(F)cn1)[C@H]1CCN2C1. The van der Waals surface area contributed by atoms with E-state index in [1.54, 1.807) is 6.07 Å². The van der Waals surface area contributed by atoms with Crippen LogP contribution in [0.15, 0.2) is 30.5 Å². The molecule has 9 nitrogen and oxygen atoms in total. The third kappa shape index (κ3) is 4.28. The summed E-state index contributed by atoms with van der Waals surface area (Å²) < 4.78 is 50.5. The van der Waals surface area contributed by atoms with Gasteiger partial charge in [-0.15, -0.1) is 0 Å². The van der Waals surface area contributed by atoms with Crippen LogP contribution in [0.1, 0.15) is 16.9 Å². The Balaban J connectivity index is 1.56. The third-order valence-corrected chi connectivity index (χ3v) is 5.20. The number of nitrogens with zero attached hydrogens (tertiary/aromatic N) is 4. The lowest BCUT2D eigenvalue weighted by atomic mass is 10.1. The van der Waals surface area contributed by atoms with Gasteiger partial charge in [-0.3, -0.25) is 15.0 Å². The van der Waals surface area contributed by atoms with Crippen LogP contribution in [0, 0.1) is 5.82 Å². The number of fused-ring (bicyclic) bond motifs is 4. The summed E-state index contributed by atoms with van der Waals surface area (Å²) in [5.41, 5.74) is 0.381. The average Bonchev–Trinajstić information content (AvgIpc) is 3.16. The van der Waals surface area contributed by atoms with Crippen molar-refractivity contribution in [2.24, 2.45) is 0 Å². The minimum atomic E-state index is -4.87. The van der Waals surface area contributed by atoms with Crippen LogP contribution >= 0.6 is 0 Å². The molecule has 2 aromatic rings. The number of hydrogen-bond acceptors (Lipinski definition) is 6. The summed E-state index contributed by atoms with van der Waals surface area (Å²) in [6, 6.07) is 4.50. The number of pyridine rings is 2. The molecule has 3 amide bonds. The summed E-state index contributed by atoms with van der Waals surface area (Å²) in [7, 11) is 0. The molecule has 4 rings (SSSR count). The molecule has 32 heavy (non-hydrogen) atoms. The fraction of sp³-hybridized carbons (Fsp3) is 0.368. The van der Waals surface area contributed by atoms with Crippen molar-refractivity contribution in [3.05, 3.63) is 42.0 Å². The predicted octanol–water partition coefficient (Wildman–Crippen LogP) is 1.90. The zero-order valence-electron chi connectivity index (χ0n) is 16.4. The Morgan fingerprint density at radius 3 is 2.72 bits per heavy atom. The third-order valence-electron chi connectivity index (χ3n) is 5.20. The second kappa shape index (κ2) is 8.22. The van der Waals surface area contributed by atoms with Gasteiger partial charge in [0.1, 0.15) is 17.3 Å². The maximum atomic E-state index is 13.1. The summed E-state index contributed by atoms with van der Waals surface area (Å²) in [5.74, 6) is -1.20. The largest absolute Gasteiger partial charge is 0.416 e. The van der Waals surface area contributed by atoms with Crippen molar-refractivity contribution >= 4 is 29.3 Å². The zero-order valence-corrected chi connectivity index (χ0v) is 16.4. The summed E-state index contributed by atoms with van der Waals surface area (Å²) in [6.45, 7) is 0.166. The second-order valence-corrected chi connectivity index (χ2v) is 7.36. The number of carbonyl (C=O) groups excluding carboxylic acids is 2. The smallest absolute Gasteiger partial charge is 0.382 e. The molecule has 0 unspecified atom stereocenters. The van der Waals surface area contributed by atoms with Gasteiger partial charge in [0.2, 0.25) is 0 Å². The summed E-state index contributed by atoms with van der Waals surface area (Å²) in [4.78, 5) is 36.7. The molecule has 2 aliphatic heterocycles. The standard InChI is InChI=1S/C19H18F4N6O3/c20-10-1-4-15(24-7-10)27-18(32)29-11-5-6-28(9-11)13-3-2-12(26-16(13)29)17(31)25-8-14(30)19(21,22)23/h1-4,7,11,14,30H,5-6,8-9H2,(H,25,31)(H,24,27,32)/t11-,14+/m0/s1. The van der Waals surface area contributed by atoms with Gasteiger partial charge in [0.25, 0.3) is 5.91 Å². The van der Waals surface area contributed by atoms with Gasteiger partial charge in [0, 0.05) is 13.1 Å².